The Bertz CT molecular complexity index is 556. The van der Waals surface area contributed by atoms with Crippen LogP contribution >= 0.6 is 11.6 Å². The Kier molecular flexibility index (Phi) is 4.56. The molecule has 2 nitrogen and oxygen atoms in total. The van der Waals surface area contributed by atoms with E-state index >= 15 is 0 Å². The molecule has 0 saturated heterocycles. The molecule has 2 aromatic rings. The zero-order chi connectivity index (χ0) is 13.8. The number of likely N-dealkylation sites (N-methyl/N-ethyl adjacent to an activating group) is 1. The van der Waals surface area contributed by atoms with Gasteiger partial charge in [-0.1, -0.05) is 19.1 Å². The maximum absolute atomic E-state index is 13.7. The van der Waals surface area contributed by atoms with E-state index in [1.165, 1.54) is 6.07 Å². The van der Waals surface area contributed by atoms with Crippen molar-refractivity contribution < 1.29 is 13.2 Å². The van der Waals surface area contributed by atoms with Gasteiger partial charge >= 0.3 is 0 Å². The smallest absolute Gasteiger partial charge is 0.193 e. The van der Waals surface area contributed by atoms with Crippen molar-refractivity contribution in [2.75, 3.05) is 6.54 Å². The van der Waals surface area contributed by atoms with Crippen LogP contribution in [-0.4, -0.2) is 6.54 Å². The molecule has 102 valence electrons. The minimum absolute atomic E-state index is 0.242. The van der Waals surface area contributed by atoms with E-state index in [0.29, 0.717) is 24.3 Å². The predicted molar refractivity (Wildman–Crippen MR) is 70.2 cm³/mol. The SMILES string of the molecule is CCNC(Cc1cccc(F)c1F)c1ccc(Cl)o1. The van der Waals surface area contributed by atoms with Gasteiger partial charge in [0.25, 0.3) is 0 Å². The number of hydrogen-bond acceptors (Lipinski definition) is 2. The Morgan fingerprint density at radius 2 is 2.05 bits per heavy atom. The van der Waals surface area contributed by atoms with E-state index in [1.807, 2.05) is 6.92 Å². The summed E-state index contributed by atoms with van der Waals surface area (Å²) in [5.74, 6) is -1.05. The fraction of sp³-hybridized carbons (Fsp3) is 0.286. The third-order valence-corrected chi connectivity index (χ3v) is 3.05. The molecule has 0 bridgehead atoms. The Morgan fingerprint density at radius 1 is 1.26 bits per heavy atom. The second-order valence-electron chi connectivity index (χ2n) is 4.17. The molecule has 1 atom stereocenters. The number of rotatable bonds is 5. The fourth-order valence-electron chi connectivity index (χ4n) is 1.96. The van der Waals surface area contributed by atoms with Gasteiger partial charge in [-0.15, -0.1) is 0 Å². The molecule has 0 aliphatic carbocycles. The normalized spacial score (nSPS) is 12.6. The fourth-order valence-corrected chi connectivity index (χ4v) is 2.11. The van der Waals surface area contributed by atoms with E-state index in [9.17, 15) is 8.78 Å². The molecular formula is C14H14ClF2NO. The van der Waals surface area contributed by atoms with Gasteiger partial charge in [-0.05, 0) is 48.3 Å². The Balaban J connectivity index is 2.23. The lowest BCUT2D eigenvalue weighted by Crippen LogP contribution is -2.23. The average molecular weight is 286 g/mol. The summed E-state index contributed by atoms with van der Waals surface area (Å²) in [5, 5.41) is 3.44. The van der Waals surface area contributed by atoms with Crippen molar-refractivity contribution in [1.82, 2.24) is 5.32 Å². The highest BCUT2D eigenvalue weighted by Crippen LogP contribution is 2.24. The van der Waals surface area contributed by atoms with Crippen LogP contribution in [0.2, 0.25) is 5.22 Å². The summed E-state index contributed by atoms with van der Waals surface area (Å²) in [4.78, 5) is 0. The van der Waals surface area contributed by atoms with E-state index in [4.69, 9.17) is 16.0 Å². The van der Waals surface area contributed by atoms with Crippen LogP contribution in [0.1, 0.15) is 24.3 Å². The van der Waals surface area contributed by atoms with Crippen LogP contribution in [0.25, 0.3) is 0 Å². The molecule has 1 N–H and O–H groups in total. The summed E-state index contributed by atoms with van der Waals surface area (Å²) >= 11 is 5.74. The maximum atomic E-state index is 13.7. The van der Waals surface area contributed by atoms with Crippen LogP contribution in [0.15, 0.2) is 34.7 Å². The lowest BCUT2D eigenvalue weighted by atomic mass is 10.0. The van der Waals surface area contributed by atoms with Crippen LogP contribution < -0.4 is 5.32 Å². The topological polar surface area (TPSA) is 25.2 Å². The highest BCUT2D eigenvalue weighted by atomic mass is 35.5. The standard InChI is InChI=1S/C14H14ClF2NO/c1-2-18-11(12-6-7-13(15)19-12)8-9-4-3-5-10(16)14(9)17/h3-7,11,18H,2,8H2,1H3. The zero-order valence-electron chi connectivity index (χ0n) is 10.4. The molecule has 1 heterocycles. The molecule has 19 heavy (non-hydrogen) atoms. The number of halogens is 3. The van der Waals surface area contributed by atoms with Crippen molar-refractivity contribution in [2.45, 2.75) is 19.4 Å². The second kappa shape index (κ2) is 6.17. The third-order valence-electron chi connectivity index (χ3n) is 2.84. The van der Waals surface area contributed by atoms with Gasteiger partial charge in [-0.25, -0.2) is 8.78 Å². The summed E-state index contributed by atoms with van der Waals surface area (Å²) < 4.78 is 32.2. The Morgan fingerprint density at radius 3 is 2.68 bits per heavy atom. The molecule has 0 aliphatic rings. The molecular weight excluding hydrogens is 272 g/mol. The van der Waals surface area contributed by atoms with Gasteiger partial charge in [0, 0.05) is 0 Å². The van der Waals surface area contributed by atoms with Gasteiger partial charge in [0.2, 0.25) is 0 Å². The average Bonchev–Trinajstić information content (AvgIpc) is 2.81. The maximum Gasteiger partial charge on any atom is 0.193 e. The highest BCUT2D eigenvalue weighted by Gasteiger charge is 2.18. The summed E-state index contributed by atoms with van der Waals surface area (Å²) in [7, 11) is 0. The van der Waals surface area contributed by atoms with Crippen molar-refractivity contribution in [3.63, 3.8) is 0 Å². The highest BCUT2D eigenvalue weighted by molar-refractivity contribution is 6.28. The molecule has 0 amide bonds. The van der Waals surface area contributed by atoms with E-state index in [1.54, 1.807) is 18.2 Å². The van der Waals surface area contributed by atoms with Crippen molar-refractivity contribution in [2.24, 2.45) is 0 Å². The van der Waals surface area contributed by atoms with Crippen molar-refractivity contribution in [3.8, 4) is 0 Å². The van der Waals surface area contributed by atoms with Crippen LogP contribution in [0.5, 0.6) is 0 Å². The quantitative estimate of drug-likeness (QED) is 0.894. The summed E-state index contributed by atoms with van der Waals surface area (Å²) in [5.41, 5.74) is 0.304. The van der Waals surface area contributed by atoms with Gasteiger partial charge in [0.05, 0.1) is 6.04 Å². The van der Waals surface area contributed by atoms with Crippen LogP contribution in [0.4, 0.5) is 8.78 Å². The first-order valence-corrected chi connectivity index (χ1v) is 6.41. The molecule has 1 aromatic heterocycles. The van der Waals surface area contributed by atoms with Gasteiger partial charge in [-0.2, -0.15) is 0 Å². The minimum Gasteiger partial charge on any atom is -0.448 e. The van der Waals surface area contributed by atoms with Gasteiger partial charge in [0.1, 0.15) is 5.76 Å². The minimum atomic E-state index is -0.842. The van der Waals surface area contributed by atoms with Crippen LogP contribution in [0, 0.1) is 11.6 Å². The molecule has 0 aliphatic heterocycles. The van der Waals surface area contributed by atoms with Gasteiger partial charge in [0.15, 0.2) is 16.9 Å². The van der Waals surface area contributed by atoms with Crippen LogP contribution in [0.3, 0.4) is 0 Å². The number of nitrogens with one attached hydrogen (secondary N) is 1. The Labute approximate surface area is 115 Å². The number of benzene rings is 1. The predicted octanol–water partition coefficient (Wildman–Crippen LogP) is 4.10. The summed E-state index contributed by atoms with van der Waals surface area (Å²) in [6.07, 6.45) is 0.293. The van der Waals surface area contributed by atoms with E-state index in [-0.39, 0.29) is 11.3 Å². The molecule has 1 unspecified atom stereocenters. The van der Waals surface area contributed by atoms with Crippen LogP contribution in [-0.2, 0) is 6.42 Å². The lowest BCUT2D eigenvalue weighted by molar-refractivity contribution is 0.409. The number of hydrogen-bond donors (Lipinski definition) is 1. The lowest BCUT2D eigenvalue weighted by Gasteiger charge is -2.16. The molecule has 0 radical (unpaired) electrons. The van der Waals surface area contributed by atoms with E-state index in [2.05, 4.69) is 5.32 Å². The third kappa shape index (κ3) is 3.33. The van der Waals surface area contributed by atoms with Crippen molar-refractivity contribution in [3.05, 3.63) is 58.5 Å². The van der Waals surface area contributed by atoms with Crippen molar-refractivity contribution in [1.29, 1.82) is 0 Å². The molecule has 0 spiro atoms. The molecule has 1 aromatic carbocycles. The molecule has 2 rings (SSSR count). The zero-order valence-corrected chi connectivity index (χ0v) is 11.2. The summed E-state index contributed by atoms with van der Waals surface area (Å²) in [6, 6.07) is 7.27. The first-order chi connectivity index (χ1) is 9.11. The van der Waals surface area contributed by atoms with E-state index in [0.717, 1.165) is 6.07 Å². The van der Waals surface area contributed by atoms with Crippen molar-refractivity contribution >= 4 is 11.6 Å². The first kappa shape index (κ1) is 14.0. The monoisotopic (exact) mass is 285 g/mol. The van der Waals surface area contributed by atoms with Gasteiger partial charge in [-0.3, -0.25) is 0 Å². The van der Waals surface area contributed by atoms with Gasteiger partial charge < -0.3 is 9.73 Å². The molecule has 0 saturated carbocycles. The second-order valence-corrected chi connectivity index (χ2v) is 4.54. The van der Waals surface area contributed by atoms with E-state index < -0.39 is 11.6 Å². The molecule has 5 heteroatoms. The Hall–Kier alpha value is -1.39. The largest absolute Gasteiger partial charge is 0.448 e. The number of furan rings is 1. The molecule has 0 fully saturated rings. The summed E-state index contributed by atoms with van der Waals surface area (Å²) in [6.45, 7) is 2.61. The first-order valence-electron chi connectivity index (χ1n) is 6.03.